The fraction of sp³-hybridized carbons (Fsp3) is 0.190. The second-order valence-electron chi connectivity index (χ2n) is 6.65. The number of carboxylic acids is 1. The van der Waals surface area contributed by atoms with Gasteiger partial charge in [0.15, 0.2) is 5.82 Å². The maximum Gasteiger partial charge on any atom is 0.342 e. The minimum absolute atomic E-state index is 0.585. The van der Waals surface area contributed by atoms with Crippen LogP contribution in [0.3, 0.4) is 0 Å². The van der Waals surface area contributed by atoms with Crippen LogP contribution in [0, 0.1) is 6.92 Å². The van der Waals surface area contributed by atoms with Crippen LogP contribution < -0.4 is 0 Å². The number of hydrogen-bond acceptors (Lipinski definition) is 3. The van der Waals surface area contributed by atoms with E-state index in [9.17, 15) is 9.90 Å². The van der Waals surface area contributed by atoms with Crippen molar-refractivity contribution < 1.29 is 14.3 Å². The van der Waals surface area contributed by atoms with Gasteiger partial charge in [0.25, 0.3) is 0 Å². The Bertz CT molecular complexity index is 942. The molecule has 5 heteroatoms. The van der Waals surface area contributed by atoms with Crippen LogP contribution >= 0.6 is 0 Å². The average molecular weight is 348 g/mol. The topological polar surface area (TPSA) is 63.1 Å². The fourth-order valence-electron chi connectivity index (χ4n) is 3.53. The van der Waals surface area contributed by atoms with Crippen molar-refractivity contribution in [3.05, 3.63) is 83.7 Å². The Balaban J connectivity index is 1.66. The highest BCUT2D eigenvalue weighted by Crippen LogP contribution is 2.66. The molecule has 4 nitrogen and oxygen atoms in total. The smallest absolute Gasteiger partial charge is 0.342 e. The number of benzene rings is 2. The van der Waals surface area contributed by atoms with E-state index in [1.54, 1.807) is 48.8 Å². The summed E-state index contributed by atoms with van der Waals surface area (Å²) in [5.41, 5.74) is 0.875. The van der Waals surface area contributed by atoms with Gasteiger partial charge in [-0.1, -0.05) is 54.6 Å². The number of carbonyl (C=O) groups is 1. The Morgan fingerprint density at radius 1 is 0.962 bits per heavy atom. The summed E-state index contributed by atoms with van der Waals surface area (Å²) in [4.78, 5) is 20.1. The summed E-state index contributed by atoms with van der Waals surface area (Å²) in [6.07, 6.45) is 3.47. The molecule has 3 atom stereocenters. The number of nitrogens with zero attached hydrogens (tertiary/aromatic N) is 2. The molecule has 1 aliphatic carbocycles. The molecular weight excluding hydrogens is 331 g/mol. The quantitative estimate of drug-likeness (QED) is 0.770. The van der Waals surface area contributed by atoms with Gasteiger partial charge in [-0.3, -0.25) is 0 Å². The zero-order valence-corrected chi connectivity index (χ0v) is 14.1. The standard InChI is InChI=1S/C21H17FN2O2/c1-13-11-23-19(24-12-13)16-9-7-15(8-10-16)18-17(21(18,22)20(25)26)14-5-3-2-4-6-14/h2-12,17-18H,1H3,(H,25,26). The Morgan fingerprint density at radius 2 is 1.50 bits per heavy atom. The third-order valence-corrected chi connectivity index (χ3v) is 4.92. The first-order valence-corrected chi connectivity index (χ1v) is 8.38. The maximum atomic E-state index is 15.2. The van der Waals surface area contributed by atoms with Crippen LogP contribution in [-0.2, 0) is 4.79 Å². The maximum absolute atomic E-state index is 15.2. The van der Waals surface area contributed by atoms with Crippen molar-refractivity contribution in [2.75, 3.05) is 0 Å². The Morgan fingerprint density at radius 3 is 2.04 bits per heavy atom. The number of carboxylic acid groups (broad SMARTS) is 1. The summed E-state index contributed by atoms with van der Waals surface area (Å²) in [6, 6.07) is 16.1. The lowest BCUT2D eigenvalue weighted by atomic mass is 10.0. The Labute approximate surface area is 150 Å². The predicted octanol–water partition coefficient (Wildman–Crippen LogP) is 4.13. The summed E-state index contributed by atoms with van der Waals surface area (Å²) >= 11 is 0. The van der Waals surface area contributed by atoms with E-state index in [-0.39, 0.29) is 0 Å². The van der Waals surface area contributed by atoms with E-state index < -0.39 is 23.5 Å². The third kappa shape index (κ3) is 2.56. The molecule has 1 aromatic heterocycles. The van der Waals surface area contributed by atoms with Gasteiger partial charge >= 0.3 is 5.97 Å². The average Bonchev–Trinajstić information content (AvgIpc) is 3.31. The van der Waals surface area contributed by atoms with Crippen LogP contribution in [-0.4, -0.2) is 26.7 Å². The molecule has 1 N–H and O–H groups in total. The van der Waals surface area contributed by atoms with Crippen molar-refractivity contribution in [3.8, 4) is 11.4 Å². The molecule has 0 amide bonds. The number of aromatic nitrogens is 2. The SMILES string of the molecule is Cc1cnc(-c2ccc(C3C(c4ccccc4)C3(F)C(=O)O)cc2)nc1. The van der Waals surface area contributed by atoms with Gasteiger partial charge in [-0.2, -0.15) is 0 Å². The first-order valence-electron chi connectivity index (χ1n) is 8.38. The van der Waals surface area contributed by atoms with Crippen LogP contribution in [0.4, 0.5) is 4.39 Å². The number of alkyl halides is 1. The van der Waals surface area contributed by atoms with E-state index in [0.29, 0.717) is 17.0 Å². The summed E-state index contributed by atoms with van der Waals surface area (Å²) in [6.45, 7) is 1.91. The van der Waals surface area contributed by atoms with Gasteiger partial charge in [-0.05, 0) is 23.6 Å². The number of halogens is 1. The monoisotopic (exact) mass is 348 g/mol. The lowest BCUT2D eigenvalue weighted by molar-refractivity contribution is -0.145. The van der Waals surface area contributed by atoms with Crippen molar-refractivity contribution in [1.29, 1.82) is 0 Å². The molecule has 2 aromatic carbocycles. The van der Waals surface area contributed by atoms with E-state index in [1.165, 1.54) is 0 Å². The van der Waals surface area contributed by atoms with Gasteiger partial charge in [0.05, 0.1) is 0 Å². The predicted molar refractivity (Wildman–Crippen MR) is 95.6 cm³/mol. The fourth-order valence-corrected chi connectivity index (χ4v) is 3.53. The molecule has 1 fully saturated rings. The summed E-state index contributed by atoms with van der Waals surface area (Å²) in [5.74, 6) is -2.21. The van der Waals surface area contributed by atoms with E-state index in [1.807, 2.05) is 25.1 Å². The van der Waals surface area contributed by atoms with Crippen molar-refractivity contribution in [3.63, 3.8) is 0 Å². The minimum Gasteiger partial charge on any atom is -0.479 e. The molecule has 26 heavy (non-hydrogen) atoms. The van der Waals surface area contributed by atoms with E-state index in [0.717, 1.165) is 11.1 Å². The van der Waals surface area contributed by atoms with Crippen LogP contribution in [0.15, 0.2) is 67.0 Å². The van der Waals surface area contributed by atoms with Crippen LogP contribution in [0.1, 0.15) is 28.5 Å². The molecule has 4 rings (SSSR count). The van der Waals surface area contributed by atoms with Gasteiger partial charge < -0.3 is 5.11 Å². The molecule has 0 radical (unpaired) electrons. The van der Waals surface area contributed by atoms with Crippen molar-refractivity contribution in [1.82, 2.24) is 9.97 Å². The van der Waals surface area contributed by atoms with Crippen molar-refractivity contribution in [2.45, 2.75) is 24.4 Å². The highest BCUT2D eigenvalue weighted by Gasteiger charge is 2.72. The molecule has 130 valence electrons. The first-order chi connectivity index (χ1) is 12.5. The molecule has 0 aliphatic heterocycles. The Kier molecular flexibility index (Phi) is 3.80. The number of aryl methyl sites for hydroxylation is 1. The molecule has 1 saturated carbocycles. The van der Waals surface area contributed by atoms with Crippen molar-refractivity contribution >= 4 is 5.97 Å². The molecule has 0 bridgehead atoms. The third-order valence-electron chi connectivity index (χ3n) is 4.92. The van der Waals surface area contributed by atoms with Crippen LogP contribution in [0.5, 0.6) is 0 Å². The highest BCUT2D eigenvalue weighted by atomic mass is 19.1. The van der Waals surface area contributed by atoms with E-state index in [2.05, 4.69) is 9.97 Å². The van der Waals surface area contributed by atoms with Gasteiger partial charge in [0.1, 0.15) is 0 Å². The van der Waals surface area contributed by atoms with Crippen LogP contribution in [0.25, 0.3) is 11.4 Å². The van der Waals surface area contributed by atoms with E-state index in [4.69, 9.17) is 0 Å². The summed E-state index contributed by atoms with van der Waals surface area (Å²) in [5, 5.41) is 9.44. The lowest BCUT2D eigenvalue weighted by Gasteiger charge is -2.04. The normalized spacial score (nSPS) is 24.2. The van der Waals surface area contributed by atoms with Crippen LogP contribution in [0.2, 0.25) is 0 Å². The zero-order valence-electron chi connectivity index (χ0n) is 14.1. The highest BCUT2D eigenvalue weighted by molar-refractivity contribution is 5.87. The van der Waals surface area contributed by atoms with Gasteiger partial charge in [-0.25, -0.2) is 19.2 Å². The van der Waals surface area contributed by atoms with Crippen molar-refractivity contribution in [2.24, 2.45) is 0 Å². The number of aliphatic carboxylic acids is 1. The van der Waals surface area contributed by atoms with Gasteiger partial charge in [0, 0.05) is 29.8 Å². The molecule has 3 unspecified atom stereocenters. The number of hydrogen-bond donors (Lipinski definition) is 1. The molecule has 0 saturated heterocycles. The second-order valence-corrected chi connectivity index (χ2v) is 6.65. The molecule has 3 aromatic rings. The molecule has 1 aliphatic rings. The minimum atomic E-state index is -2.27. The zero-order chi connectivity index (χ0) is 18.3. The van der Waals surface area contributed by atoms with Gasteiger partial charge in [-0.15, -0.1) is 0 Å². The largest absolute Gasteiger partial charge is 0.479 e. The molecule has 0 spiro atoms. The van der Waals surface area contributed by atoms with E-state index >= 15 is 4.39 Å². The van der Waals surface area contributed by atoms with Gasteiger partial charge in [0.2, 0.25) is 5.67 Å². The lowest BCUT2D eigenvalue weighted by Crippen LogP contribution is -2.19. The molecular formula is C21H17FN2O2. The number of rotatable bonds is 4. The summed E-state index contributed by atoms with van der Waals surface area (Å²) < 4.78 is 15.2. The Hall–Kier alpha value is -3.08. The molecule has 1 heterocycles. The first kappa shape index (κ1) is 16.4. The summed E-state index contributed by atoms with van der Waals surface area (Å²) in [7, 11) is 0. The second kappa shape index (κ2) is 6.02.